The van der Waals surface area contributed by atoms with Crippen molar-refractivity contribution >= 4 is 0 Å². The molecule has 1 fully saturated rings. The van der Waals surface area contributed by atoms with E-state index in [0.29, 0.717) is 6.04 Å². The van der Waals surface area contributed by atoms with E-state index in [1.54, 1.807) is 0 Å². The summed E-state index contributed by atoms with van der Waals surface area (Å²) in [4.78, 5) is 6.87. The number of aliphatic hydroxyl groups excluding tert-OH is 1. The summed E-state index contributed by atoms with van der Waals surface area (Å²) in [5, 5.41) is 13.0. The monoisotopic (exact) mass is 267 g/mol. The Kier molecular flexibility index (Phi) is 5.79. The lowest BCUT2D eigenvalue weighted by atomic mass is 10.1. The van der Waals surface area contributed by atoms with Gasteiger partial charge in [0.05, 0.1) is 6.54 Å². The molecule has 1 aliphatic heterocycles. The SMILES string of the molecule is CCCCc1noc(CN2CCCC2CCCO)n1. The number of aryl methyl sites for hydroxylation is 1. The Labute approximate surface area is 115 Å². The van der Waals surface area contributed by atoms with Crippen LogP contribution in [0.25, 0.3) is 0 Å². The van der Waals surface area contributed by atoms with Crippen LogP contribution in [0.15, 0.2) is 4.52 Å². The van der Waals surface area contributed by atoms with Gasteiger partial charge in [0.15, 0.2) is 5.82 Å². The van der Waals surface area contributed by atoms with E-state index in [1.807, 2.05) is 0 Å². The van der Waals surface area contributed by atoms with Crippen LogP contribution in [0.5, 0.6) is 0 Å². The maximum atomic E-state index is 8.93. The predicted octanol–water partition coefficient (Wildman–Crippen LogP) is 2.15. The fourth-order valence-corrected chi connectivity index (χ4v) is 2.72. The number of rotatable bonds is 8. The van der Waals surface area contributed by atoms with Crippen LogP contribution in [0.4, 0.5) is 0 Å². The van der Waals surface area contributed by atoms with Gasteiger partial charge in [-0.2, -0.15) is 4.98 Å². The first-order chi connectivity index (χ1) is 9.33. The van der Waals surface area contributed by atoms with Gasteiger partial charge in [-0.25, -0.2) is 0 Å². The summed E-state index contributed by atoms with van der Waals surface area (Å²) >= 11 is 0. The summed E-state index contributed by atoms with van der Waals surface area (Å²) in [7, 11) is 0. The molecule has 0 amide bonds. The summed E-state index contributed by atoms with van der Waals surface area (Å²) in [5.41, 5.74) is 0. The maximum absolute atomic E-state index is 8.93. The van der Waals surface area contributed by atoms with E-state index in [9.17, 15) is 0 Å². The Bertz CT molecular complexity index is 367. The Morgan fingerprint density at radius 2 is 2.32 bits per heavy atom. The van der Waals surface area contributed by atoms with Crippen LogP contribution < -0.4 is 0 Å². The fourth-order valence-electron chi connectivity index (χ4n) is 2.72. The van der Waals surface area contributed by atoms with E-state index >= 15 is 0 Å². The third-order valence-electron chi connectivity index (χ3n) is 3.80. The second kappa shape index (κ2) is 7.60. The molecule has 1 N–H and O–H groups in total. The minimum Gasteiger partial charge on any atom is -0.396 e. The molecule has 0 aliphatic carbocycles. The van der Waals surface area contributed by atoms with Gasteiger partial charge in [0.1, 0.15) is 0 Å². The number of hydrogen-bond donors (Lipinski definition) is 1. The highest BCUT2D eigenvalue weighted by Crippen LogP contribution is 2.23. The minimum atomic E-state index is 0.284. The predicted molar refractivity (Wildman–Crippen MR) is 72.7 cm³/mol. The molecule has 0 aromatic carbocycles. The van der Waals surface area contributed by atoms with E-state index in [4.69, 9.17) is 9.63 Å². The van der Waals surface area contributed by atoms with E-state index in [1.165, 1.54) is 12.8 Å². The molecule has 5 nitrogen and oxygen atoms in total. The molecule has 1 saturated heterocycles. The number of hydrogen-bond acceptors (Lipinski definition) is 5. The maximum Gasteiger partial charge on any atom is 0.240 e. The van der Waals surface area contributed by atoms with Gasteiger partial charge < -0.3 is 9.63 Å². The third kappa shape index (κ3) is 4.28. The molecule has 5 heteroatoms. The van der Waals surface area contributed by atoms with Crippen LogP contribution in [0.2, 0.25) is 0 Å². The van der Waals surface area contributed by atoms with Gasteiger partial charge in [0, 0.05) is 19.1 Å². The largest absolute Gasteiger partial charge is 0.396 e. The van der Waals surface area contributed by atoms with Crippen molar-refractivity contribution in [1.82, 2.24) is 15.0 Å². The molecule has 108 valence electrons. The van der Waals surface area contributed by atoms with Crippen LogP contribution in [0.1, 0.15) is 57.2 Å². The van der Waals surface area contributed by atoms with Crippen molar-refractivity contribution in [2.24, 2.45) is 0 Å². The highest BCUT2D eigenvalue weighted by molar-refractivity contribution is 4.89. The molecule has 1 atom stereocenters. The average molecular weight is 267 g/mol. The van der Waals surface area contributed by atoms with E-state index in [-0.39, 0.29) is 6.61 Å². The molecule has 1 aromatic rings. The minimum absolute atomic E-state index is 0.284. The average Bonchev–Trinajstić information content (AvgIpc) is 3.04. The summed E-state index contributed by atoms with van der Waals surface area (Å²) in [6.45, 7) is 4.31. The molecular weight excluding hydrogens is 242 g/mol. The Balaban J connectivity index is 1.83. The van der Waals surface area contributed by atoms with Crippen LogP contribution in [-0.4, -0.2) is 39.3 Å². The zero-order valence-corrected chi connectivity index (χ0v) is 11.8. The first-order valence-electron chi connectivity index (χ1n) is 7.50. The van der Waals surface area contributed by atoms with Crippen LogP contribution in [-0.2, 0) is 13.0 Å². The van der Waals surface area contributed by atoms with Crippen molar-refractivity contribution < 1.29 is 9.63 Å². The molecule has 1 unspecified atom stereocenters. The lowest BCUT2D eigenvalue weighted by Crippen LogP contribution is -2.29. The van der Waals surface area contributed by atoms with Crippen molar-refractivity contribution in [3.63, 3.8) is 0 Å². The second-order valence-corrected chi connectivity index (χ2v) is 5.34. The molecule has 2 rings (SSSR count). The summed E-state index contributed by atoms with van der Waals surface area (Å²) < 4.78 is 5.32. The topological polar surface area (TPSA) is 62.4 Å². The number of unbranched alkanes of at least 4 members (excludes halogenated alkanes) is 1. The van der Waals surface area contributed by atoms with Crippen molar-refractivity contribution in [3.05, 3.63) is 11.7 Å². The Hall–Kier alpha value is -0.940. The zero-order valence-electron chi connectivity index (χ0n) is 11.8. The Morgan fingerprint density at radius 3 is 3.11 bits per heavy atom. The van der Waals surface area contributed by atoms with Gasteiger partial charge >= 0.3 is 0 Å². The molecule has 0 bridgehead atoms. The molecule has 1 aromatic heterocycles. The molecule has 19 heavy (non-hydrogen) atoms. The highest BCUT2D eigenvalue weighted by atomic mass is 16.5. The van der Waals surface area contributed by atoms with Crippen molar-refractivity contribution in [2.75, 3.05) is 13.2 Å². The third-order valence-corrected chi connectivity index (χ3v) is 3.80. The smallest absolute Gasteiger partial charge is 0.240 e. The second-order valence-electron chi connectivity index (χ2n) is 5.34. The number of aromatic nitrogens is 2. The summed E-state index contributed by atoms with van der Waals surface area (Å²) in [6.07, 6.45) is 7.57. The normalized spacial score (nSPS) is 20.2. The summed E-state index contributed by atoms with van der Waals surface area (Å²) in [6, 6.07) is 0.568. The van der Waals surface area contributed by atoms with Gasteiger partial charge in [0.25, 0.3) is 0 Å². The molecule has 2 heterocycles. The Morgan fingerprint density at radius 1 is 1.42 bits per heavy atom. The molecular formula is C14H25N3O2. The van der Waals surface area contributed by atoms with E-state index in [0.717, 1.165) is 56.9 Å². The standard InChI is InChI=1S/C14H25N3O2/c1-2-3-8-13-15-14(19-16-13)11-17-9-4-6-12(17)7-5-10-18/h12,18H,2-11H2,1H3. The number of aliphatic hydroxyl groups is 1. The van der Waals surface area contributed by atoms with E-state index < -0.39 is 0 Å². The first kappa shape index (κ1) is 14.5. The lowest BCUT2D eigenvalue weighted by Gasteiger charge is -2.22. The van der Waals surface area contributed by atoms with Gasteiger partial charge in [0.2, 0.25) is 5.89 Å². The quantitative estimate of drug-likeness (QED) is 0.782. The zero-order chi connectivity index (χ0) is 13.5. The van der Waals surface area contributed by atoms with Crippen LogP contribution >= 0.6 is 0 Å². The van der Waals surface area contributed by atoms with E-state index in [2.05, 4.69) is 22.0 Å². The first-order valence-corrected chi connectivity index (χ1v) is 7.50. The van der Waals surface area contributed by atoms with Crippen LogP contribution in [0, 0.1) is 0 Å². The molecule has 0 radical (unpaired) electrons. The molecule has 1 aliphatic rings. The van der Waals surface area contributed by atoms with Gasteiger partial charge in [-0.15, -0.1) is 0 Å². The number of nitrogens with zero attached hydrogens (tertiary/aromatic N) is 3. The number of likely N-dealkylation sites (tertiary alicyclic amines) is 1. The van der Waals surface area contributed by atoms with Crippen molar-refractivity contribution in [1.29, 1.82) is 0 Å². The van der Waals surface area contributed by atoms with Crippen molar-refractivity contribution in [3.8, 4) is 0 Å². The van der Waals surface area contributed by atoms with Crippen molar-refractivity contribution in [2.45, 2.75) is 64.5 Å². The molecule has 0 saturated carbocycles. The highest BCUT2D eigenvalue weighted by Gasteiger charge is 2.25. The van der Waals surface area contributed by atoms with Gasteiger partial charge in [-0.3, -0.25) is 4.90 Å². The lowest BCUT2D eigenvalue weighted by molar-refractivity contribution is 0.188. The van der Waals surface area contributed by atoms with Gasteiger partial charge in [-0.1, -0.05) is 18.5 Å². The van der Waals surface area contributed by atoms with Gasteiger partial charge in [-0.05, 0) is 38.6 Å². The fraction of sp³-hybridized carbons (Fsp3) is 0.857. The summed E-state index contributed by atoms with van der Waals surface area (Å²) in [5.74, 6) is 1.57. The van der Waals surface area contributed by atoms with Crippen LogP contribution in [0.3, 0.4) is 0 Å². The molecule has 0 spiro atoms.